The van der Waals surface area contributed by atoms with Gasteiger partial charge in [0.05, 0.1) is 9.79 Å². The SMILES string of the molecule is Cc1ccc(S(=O)(=O)n2cc(-c3cccc(S(=O)(=O)N(C)C(C)(C)C)c3)c3cc(Br)cnc32)cc1. The molecule has 2 aromatic heterocycles. The van der Waals surface area contributed by atoms with Crippen molar-refractivity contribution in [2.24, 2.45) is 0 Å². The lowest BCUT2D eigenvalue weighted by Gasteiger charge is -2.31. The van der Waals surface area contributed by atoms with Gasteiger partial charge in [0.15, 0.2) is 5.65 Å². The van der Waals surface area contributed by atoms with Crippen molar-refractivity contribution in [2.75, 3.05) is 7.05 Å². The van der Waals surface area contributed by atoms with E-state index < -0.39 is 25.6 Å². The van der Waals surface area contributed by atoms with E-state index in [1.807, 2.05) is 27.7 Å². The molecule has 0 atom stereocenters. The molecule has 0 saturated carbocycles. The lowest BCUT2D eigenvalue weighted by Crippen LogP contribution is -2.42. The van der Waals surface area contributed by atoms with Crippen LogP contribution in [-0.4, -0.2) is 42.7 Å². The van der Waals surface area contributed by atoms with E-state index in [4.69, 9.17) is 0 Å². The topological polar surface area (TPSA) is 89.3 Å². The summed E-state index contributed by atoms with van der Waals surface area (Å²) >= 11 is 3.42. The third-order valence-electron chi connectivity index (χ3n) is 5.90. The van der Waals surface area contributed by atoms with Crippen LogP contribution in [0.4, 0.5) is 0 Å². The molecule has 7 nitrogen and oxygen atoms in total. The molecule has 0 aliphatic carbocycles. The van der Waals surface area contributed by atoms with Gasteiger partial charge in [-0.05, 0) is 79.5 Å². The van der Waals surface area contributed by atoms with Crippen molar-refractivity contribution in [3.63, 3.8) is 0 Å². The molecule has 0 unspecified atom stereocenters. The Balaban J connectivity index is 1.93. The van der Waals surface area contributed by atoms with E-state index in [1.165, 1.54) is 22.8 Å². The number of aryl methyl sites for hydroxylation is 1. The minimum atomic E-state index is -3.94. The predicted octanol–water partition coefficient (Wildman–Crippen LogP) is 5.43. The fourth-order valence-electron chi connectivity index (χ4n) is 3.63. The second-order valence-corrected chi connectivity index (χ2v) is 14.1. The van der Waals surface area contributed by atoms with Crippen molar-refractivity contribution in [1.29, 1.82) is 0 Å². The molecule has 2 heterocycles. The Morgan fingerprint density at radius 2 is 1.60 bits per heavy atom. The minimum absolute atomic E-state index is 0.123. The first-order valence-electron chi connectivity index (χ1n) is 10.8. The number of sulfonamides is 1. The minimum Gasteiger partial charge on any atom is -0.236 e. The fraction of sp³-hybridized carbons (Fsp3) is 0.240. The van der Waals surface area contributed by atoms with E-state index >= 15 is 0 Å². The van der Waals surface area contributed by atoms with Crippen LogP contribution in [0.15, 0.2) is 81.3 Å². The monoisotopic (exact) mass is 575 g/mol. The average Bonchev–Trinajstić information content (AvgIpc) is 3.18. The van der Waals surface area contributed by atoms with E-state index in [2.05, 4.69) is 20.9 Å². The Labute approximate surface area is 214 Å². The number of pyridine rings is 1. The van der Waals surface area contributed by atoms with Gasteiger partial charge >= 0.3 is 0 Å². The van der Waals surface area contributed by atoms with Crippen LogP contribution < -0.4 is 0 Å². The van der Waals surface area contributed by atoms with Crippen molar-refractivity contribution in [1.82, 2.24) is 13.3 Å². The zero-order valence-corrected chi connectivity index (χ0v) is 23.2. The molecular weight excluding hydrogens is 550 g/mol. The van der Waals surface area contributed by atoms with Gasteiger partial charge in [-0.15, -0.1) is 0 Å². The molecule has 0 aliphatic rings. The van der Waals surface area contributed by atoms with Crippen LogP contribution >= 0.6 is 15.9 Å². The van der Waals surface area contributed by atoms with Crippen molar-refractivity contribution in [2.45, 2.75) is 43.0 Å². The summed E-state index contributed by atoms with van der Waals surface area (Å²) in [5.74, 6) is 0. The van der Waals surface area contributed by atoms with Crippen LogP contribution in [0.1, 0.15) is 26.3 Å². The maximum atomic E-state index is 13.5. The third kappa shape index (κ3) is 4.67. The maximum Gasteiger partial charge on any atom is 0.269 e. The van der Waals surface area contributed by atoms with Gasteiger partial charge in [-0.25, -0.2) is 25.8 Å². The second-order valence-electron chi connectivity index (χ2n) is 9.35. The van der Waals surface area contributed by atoms with Gasteiger partial charge in [-0.1, -0.05) is 29.8 Å². The lowest BCUT2D eigenvalue weighted by atomic mass is 10.1. The summed E-state index contributed by atoms with van der Waals surface area (Å²) in [5, 5.41) is 0.578. The Morgan fingerprint density at radius 1 is 0.943 bits per heavy atom. The summed E-state index contributed by atoms with van der Waals surface area (Å²) in [6.45, 7) is 7.35. The van der Waals surface area contributed by atoms with Crippen LogP contribution in [0, 0.1) is 6.92 Å². The highest BCUT2D eigenvalue weighted by molar-refractivity contribution is 9.10. The first-order chi connectivity index (χ1) is 16.2. The summed E-state index contributed by atoms with van der Waals surface area (Å²) in [5.41, 5.74) is 1.71. The van der Waals surface area contributed by atoms with Crippen LogP contribution in [0.3, 0.4) is 0 Å². The normalized spacial score (nSPS) is 13.0. The van der Waals surface area contributed by atoms with E-state index in [0.717, 1.165) is 9.54 Å². The van der Waals surface area contributed by atoms with Crippen molar-refractivity contribution < 1.29 is 16.8 Å². The van der Waals surface area contributed by atoms with Gasteiger partial charge in [-0.2, -0.15) is 4.31 Å². The largest absolute Gasteiger partial charge is 0.269 e. The van der Waals surface area contributed by atoms with Crippen LogP contribution in [0.25, 0.3) is 22.2 Å². The van der Waals surface area contributed by atoms with Gasteiger partial charge in [0.25, 0.3) is 10.0 Å². The van der Waals surface area contributed by atoms with E-state index in [1.54, 1.807) is 55.6 Å². The Morgan fingerprint density at radius 3 is 2.23 bits per heavy atom. The highest BCUT2D eigenvalue weighted by Gasteiger charge is 2.31. The standard InChI is InChI=1S/C25H26BrN3O4S2/c1-17-9-11-20(12-10-17)35(32,33)29-16-23(22-14-19(26)15-27-24(22)29)18-7-6-8-21(13-18)34(30,31)28(5)25(2,3)4/h6-16H,1-5H3. The molecule has 0 spiro atoms. The molecule has 0 saturated heterocycles. The molecule has 10 heteroatoms. The van der Waals surface area contributed by atoms with Crippen molar-refractivity contribution >= 4 is 47.0 Å². The smallest absolute Gasteiger partial charge is 0.236 e. The summed E-state index contributed by atoms with van der Waals surface area (Å²) < 4.78 is 56.7. The number of benzene rings is 2. The van der Waals surface area contributed by atoms with Gasteiger partial charge in [0.2, 0.25) is 10.0 Å². The number of fused-ring (bicyclic) bond motifs is 1. The number of hydrogen-bond donors (Lipinski definition) is 0. The highest BCUT2D eigenvalue weighted by atomic mass is 79.9. The number of hydrogen-bond acceptors (Lipinski definition) is 5. The first kappa shape index (κ1) is 25.6. The summed E-state index contributed by atoms with van der Waals surface area (Å²) in [6, 6.07) is 14.9. The van der Waals surface area contributed by atoms with Crippen molar-refractivity contribution in [3.8, 4) is 11.1 Å². The lowest BCUT2D eigenvalue weighted by molar-refractivity contribution is 0.292. The molecule has 0 fully saturated rings. The van der Waals surface area contributed by atoms with Gasteiger partial charge in [-0.3, -0.25) is 0 Å². The molecule has 2 aromatic carbocycles. The van der Waals surface area contributed by atoms with E-state index in [9.17, 15) is 16.8 Å². The fourth-order valence-corrected chi connectivity index (χ4v) is 6.85. The van der Waals surface area contributed by atoms with Crippen LogP contribution in [0.2, 0.25) is 0 Å². The number of nitrogens with zero attached hydrogens (tertiary/aromatic N) is 3. The Hall–Kier alpha value is -2.53. The van der Waals surface area contributed by atoms with Gasteiger partial charge < -0.3 is 0 Å². The Kier molecular flexibility index (Phi) is 6.46. The summed E-state index contributed by atoms with van der Waals surface area (Å²) in [4.78, 5) is 4.64. The van der Waals surface area contributed by atoms with Crippen molar-refractivity contribution in [3.05, 3.63) is 77.0 Å². The molecule has 0 aliphatic heterocycles. The van der Waals surface area contributed by atoms with E-state index in [-0.39, 0.29) is 15.4 Å². The second kappa shape index (κ2) is 8.85. The molecule has 4 rings (SSSR count). The number of halogens is 1. The Bertz CT molecular complexity index is 1640. The first-order valence-corrected chi connectivity index (χ1v) is 14.5. The molecule has 0 bridgehead atoms. The number of rotatable bonds is 5. The van der Waals surface area contributed by atoms with E-state index in [0.29, 0.717) is 21.0 Å². The summed E-state index contributed by atoms with van der Waals surface area (Å²) in [7, 11) is -6.17. The third-order valence-corrected chi connectivity index (χ3v) is 10.1. The predicted molar refractivity (Wildman–Crippen MR) is 141 cm³/mol. The molecule has 35 heavy (non-hydrogen) atoms. The quantitative estimate of drug-likeness (QED) is 0.316. The molecule has 184 valence electrons. The molecule has 0 amide bonds. The number of aromatic nitrogens is 2. The molecular formula is C25H26BrN3O4S2. The molecule has 0 N–H and O–H groups in total. The zero-order chi connectivity index (χ0) is 25.8. The molecule has 0 radical (unpaired) electrons. The zero-order valence-electron chi connectivity index (χ0n) is 20.0. The van der Waals surface area contributed by atoms with Crippen LogP contribution in [0.5, 0.6) is 0 Å². The summed E-state index contributed by atoms with van der Waals surface area (Å²) in [6.07, 6.45) is 3.03. The highest BCUT2D eigenvalue weighted by Crippen LogP contribution is 2.35. The van der Waals surface area contributed by atoms with Gasteiger partial charge in [0.1, 0.15) is 0 Å². The van der Waals surface area contributed by atoms with Crippen LogP contribution in [-0.2, 0) is 20.0 Å². The van der Waals surface area contributed by atoms with Gasteiger partial charge in [0, 0.05) is 40.4 Å². The average molecular weight is 577 g/mol. The molecule has 4 aromatic rings. The maximum absolute atomic E-state index is 13.5.